The first-order chi connectivity index (χ1) is 13.1. The van der Waals surface area contributed by atoms with Gasteiger partial charge in [0.2, 0.25) is 5.91 Å². The van der Waals surface area contributed by atoms with Gasteiger partial charge < -0.3 is 9.80 Å². The second-order valence-electron chi connectivity index (χ2n) is 7.54. The van der Waals surface area contributed by atoms with Crippen molar-refractivity contribution in [2.75, 3.05) is 24.5 Å². The molecule has 2 aromatic rings. The van der Waals surface area contributed by atoms with Gasteiger partial charge in [-0.05, 0) is 30.2 Å². The van der Waals surface area contributed by atoms with Crippen molar-refractivity contribution in [1.29, 1.82) is 5.26 Å². The summed E-state index contributed by atoms with van der Waals surface area (Å²) in [6.07, 6.45) is 1.02. The van der Waals surface area contributed by atoms with E-state index in [0.717, 1.165) is 26.1 Å². The van der Waals surface area contributed by atoms with Crippen LogP contribution in [0.5, 0.6) is 0 Å². The lowest BCUT2D eigenvalue weighted by atomic mass is 9.97. The van der Waals surface area contributed by atoms with Gasteiger partial charge in [-0.15, -0.1) is 0 Å². The van der Waals surface area contributed by atoms with Crippen LogP contribution in [0.15, 0.2) is 48.5 Å². The summed E-state index contributed by atoms with van der Waals surface area (Å²) >= 11 is 0. The van der Waals surface area contributed by atoms with Crippen LogP contribution in [0.3, 0.4) is 0 Å². The number of hydrogen-bond donors (Lipinski definition) is 0. The number of amides is 1. The number of benzene rings is 2. The molecule has 1 saturated heterocycles. The molecule has 0 N–H and O–H groups in total. The third-order valence-electron chi connectivity index (χ3n) is 5.62. The summed E-state index contributed by atoms with van der Waals surface area (Å²) in [4.78, 5) is 16.1. The van der Waals surface area contributed by atoms with Crippen LogP contribution in [-0.2, 0) is 4.79 Å². The first-order valence-electron chi connectivity index (χ1n) is 9.33. The Bertz CT molecular complexity index is 886. The summed E-state index contributed by atoms with van der Waals surface area (Å²) in [5.74, 6) is 0.534. The van der Waals surface area contributed by atoms with Crippen molar-refractivity contribution < 1.29 is 9.18 Å². The van der Waals surface area contributed by atoms with Gasteiger partial charge in [0, 0.05) is 44.4 Å². The average Bonchev–Trinajstić information content (AvgIpc) is 3.42. The van der Waals surface area contributed by atoms with Gasteiger partial charge in [-0.3, -0.25) is 4.79 Å². The standard InChI is InChI=1S/C22H22FN3O/c1-15(27)26(22-10-19(22)18-5-3-2-4-6-18)14-17-12-25(13-17)21-8-7-16(11-24)9-20(21)23/h2-9,17,19,22H,10,12-14H2,1H3. The Balaban J connectivity index is 1.36. The third-order valence-corrected chi connectivity index (χ3v) is 5.62. The molecule has 5 heteroatoms. The molecule has 0 spiro atoms. The quantitative estimate of drug-likeness (QED) is 0.816. The molecule has 0 aromatic heterocycles. The summed E-state index contributed by atoms with van der Waals surface area (Å²) < 4.78 is 14.1. The number of halogens is 1. The summed E-state index contributed by atoms with van der Waals surface area (Å²) in [5.41, 5.74) is 2.16. The van der Waals surface area contributed by atoms with Gasteiger partial charge in [-0.25, -0.2) is 4.39 Å². The maximum atomic E-state index is 14.1. The number of anilines is 1. The van der Waals surface area contributed by atoms with Crippen LogP contribution in [0.2, 0.25) is 0 Å². The monoisotopic (exact) mass is 363 g/mol. The van der Waals surface area contributed by atoms with Crippen LogP contribution in [-0.4, -0.2) is 36.5 Å². The van der Waals surface area contributed by atoms with Gasteiger partial charge in [0.1, 0.15) is 5.82 Å². The lowest BCUT2D eigenvalue weighted by Crippen LogP contribution is -2.53. The molecular weight excluding hydrogens is 341 g/mol. The molecule has 0 bridgehead atoms. The number of nitrogens with zero attached hydrogens (tertiary/aromatic N) is 3. The zero-order valence-electron chi connectivity index (χ0n) is 15.3. The van der Waals surface area contributed by atoms with Gasteiger partial charge in [0.15, 0.2) is 0 Å². The first kappa shape index (κ1) is 17.5. The Hall–Kier alpha value is -2.87. The summed E-state index contributed by atoms with van der Waals surface area (Å²) in [7, 11) is 0. The predicted molar refractivity (Wildman–Crippen MR) is 102 cm³/mol. The molecule has 1 saturated carbocycles. The van der Waals surface area contributed by atoms with E-state index in [1.807, 2.05) is 34.1 Å². The number of hydrogen-bond acceptors (Lipinski definition) is 3. The van der Waals surface area contributed by atoms with Crippen LogP contribution in [0, 0.1) is 23.1 Å². The van der Waals surface area contributed by atoms with Crippen molar-refractivity contribution in [3.63, 3.8) is 0 Å². The van der Waals surface area contributed by atoms with E-state index in [2.05, 4.69) is 12.1 Å². The minimum Gasteiger partial charge on any atom is -0.368 e. The summed E-state index contributed by atoms with van der Waals surface area (Å²) in [6, 6.07) is 17.2. The van der Waals surface area contributed by atoms with E-state index in [1.165, 1.54) is 11.6 Å². The van der Waals surface area contributed by atoms with E-state index in [0.29, 0.717) is 23.1 Å². The highest BCUT2D eigenvalue weighted by molar-refractivity contribution is 5.74. The molecule has 2 unspecified atom stereocenters. The minimum absolute atomic E-state index is 0.112. The van der Waals surface area contributed by atoms with Crippen LogP contribution < -0.4 is 4.90 Å². The van der Waals surface area contributed by atoms with Crippen molar-refractivity contribution in [3.8, 4) is 6.07 Å². The van der Waals surface area contributed by atoms with Gasteiger partial charge in [-0.1, -0.05) is 30.3 Å². The van der Waals surface area contributed by atoms with Crippen LogP contribution in [0.4, 0.5) is 10.1 Å². The van der Waals surface area contributed by atoms with Gasteiger partial charge in [0.05, 0.1) is 17.3 Å². The largest absolute Gasteiger partial charge is 0.368 e. The van der Waals surface area contributed by atoms with Crippen molar-refractivity contribution in [1.82, 2.24) is 4.90 Å². The molecule has 4 nitrogen and oxygen atoms in total. The van der Waals surface area contributed by atoms with Crippen molar-refractivity contribution in [3.05, 3.63) is 65.5 Å². The second kappa shape index (κ2) is 7.03. The maximum Gasteiger partial charge on any atom is 0.219 e. The number of carbonyl (C=O) groups is 1. The topological polar surface area (TPSA) is 47.3 Å². The molecule has 2 aromatic carbocycles. The smallest absolute Gasteiger partial charge is 0.219 e. The fourth-order valence-corrected chi connectivity index (χ4v) is 4.08. The lowest BCUT2D eigenvalue weighted by molar-refractivity contribution is -0.130. The Kier molecular flexibility index (Phi) is 4.57. The number of rotatable bonds is 5. The molecule has 1 amide bonds. The van der Waals surface area contributed by atoms with E-state index < -0.39 is 0 Å². The molecule has 138 valence electrons. The highest BCUT2D eigenvalue weighted by Crippen LogP contribution is 2.45. The van der Waals surface area contributed by atoms with E-state index in [9.17, 15) is 9.18 Å². The maximum absolute atomic E-state index is 14.1. The van der Waals surface area contributed by atoms with E-state index in [-0.39, 0.29) is 17.8 Å². The first-order valence-corrected chi connectivity index (χ1v) is 9.33. The highest BCUT2D eigenvalue weighted by atomic mass is 19.1. The van der Waals surface area contributed by atoms with E-state index in [1.54, 1.807) is 19.1 Å². The van der Waals surface area contributed by atoms with Gasteiger partial charge >= 0.3 is 0 Å². The zero-order valence-corrected chi connectivity index (χ0v) is 15.3. The Morgan fingerprint density at radius 1 is 1.26 bits per heavy atom. The highest BCUT2D eigenvalue weighted by Gasteiger charge is 2.45. The van der Waals surface area contributed by atoms with Crippen molar-refractivity contribution >= 4 is 11.6 Å². The predicted octanol–water partition coefficient (Wildman–Crippen LogP) is 3.54. The molecule has 2 atom stereocenters. The molecule has 0 radical (unpaired) electrons. The van der Waals surface area contributed by atoms with Gasteiger partial charge in [0.25, 0.3) is 0 Å². The Morgan fingerprint density at radius 2 is 2.00 bits per heavy atom. The molecular formula is C22H22FN3O. The van der Waals surface area contributed by atoms with Crippen LogP contribution in [0.1, 0.15) is 30.4 Å². The van der Waals surface area contributed by atoms with Crippen LogP contribution in [0.25, 0.3) is 0 Å². The lowest BCUT2D eigenvalue weighted by Gasteiger charge is -2.43. The molecule has 1 aliphatic carbocycles. The SMILES string of the molecule is CC(=O)N(CC1CN(c2ccc(C#N)cc2F)C1)C1CC1c1ccccc1. The zero-order chi connectivity index (χ0) is 19.0. The Labute approximate surface area is 158 Å². The third kappa shape index (κ3) is 3.52. The molecule has 27 heavy (non-hydrogen) atoms. The second-order valence-corrected chi connectivity index (χ2v) is 7.54. The van der Waals surface area contributed by atoms with Gasteiger partial charge in [-0.2, -0.15) is 5.26 Å². The number of nitriles is 1. The molecule has 2 aliphatic rings. The average molecular weight is 363 g/mol. The molecule has 4 rings (SSSR count). The fraction of sp³-hybridized carbons (Fsp3) is 0.364. The Morgan fingerprint density at radius 3 is 2.63 bits per heavy atom. The minimum atomic E-state index is -0.359. The normalized spacial score (nSPS) is 21.3. The number of carbonyl (C=O) groups excluding carboxylic acids is 1. The summed E-state index contributed by atoms with van der Waals surface area (Å²) in [6.45, 7) is 3.82. The summed E-state index contributed by atoms with van der Waals surface area (Å²) in [5, 5.41) is 8.85. The molecule has 1 aliphatic heterocycles. The van der Waals surface area contributed by atoms with E-state index >= 15 is 0 Å². The fourth-order valence-electron chi connectivity index (χ4n) is 4.08. The molecule has 2 fully saturated rings. The van der Waals surface area contributed by atoms with Crippen LogP contribution >= 0.6 is 0 Å². The van der Waals surface area contributed by atoms with Crippen molar-refractivity contribution in [2.45, 2.75) is 25.3 Å². The van der Waals surface area contributed by atoms with E-state index in [4.69, 9.17) is 5.26 Å². The molecule has 1 heterocycles. The van der Waals surface area contributed by atoms with Crippen molar-refractivity contribution in [2.24, 2.45) is 5.92 Å².